The fourth-order valence-electron chi connectivity index (χ4n) is 4.07. The summed E-state index contributed by atoms with van der Waals surface area (Å²) in [6, 6.07) is 7.15. The minimum Gasteiger partial charge on any atom is -0.478 e. The first-order valence-corrected chi connectivity index (χ1v) is 12.8. The number of hydrogen-bond acceptors (Lipinski definition) is 2. The number of para-hydroxylation sites is 1. The quantitative estimate of drug-likeness (QED) is 0.196. The Labute approximate surface area is 186 Å². The molecule has 0 aliphatic carbocycles. The van der Waals surface area contributed by atoms with E-state index in [1.807, 2.05) is 12.1 Å². The molecule has 0 atom stereocenters. The Balaban J connectivity index is 1.80. The van der Waals surface area contributed by atoms with Crippen molar-refractivity contribution in [1.29, 1.82) is 0 Å². The van der Waals surface area contributed by atoms with E-state index in [0.29, 0.717) is 5.56 Å². The maximum absolute atomic E-state index is 11.2. The van der Waals surface area contributed by atoms with Gasteiger partial charge in [-0.3, -0.25) is 0 Å². The number of hydrogen-bond donors (Lipinski definition) is 2. The third-order valence-electron chi connectivity index (χ3n) is 6.00. The molecular weight excluding hydrogens is 370 g/mol. The number of carbonyl (C=O) groups is 1. The lowest BCUT2D eigenvalue weighted by Crippen LogP contribution is -2.07. The Morgan fingerprint density at radius 1 is 0.667 bits per heavy atom. The molecule has 1 aromatic carbocycles. The number of anilines is 1. The molecule has 0 spiro atoms. The normalized spacial score (nSPS) is 11.0. The van der Waals surface area contributed by atoms with Crippen LogP contribution in [0.15, 0.2) is 24.3 Å². The van der Waals surface area contributed by atoms with E-state index in [1.54, 1.807) is 12.1 Å². The molecule has 0 bridgehead atoms. The molecule has 172 valence electrons. The first-order chi connectivity index (χ1) is 14.8. The van der Waals surface area contributed by atoms with Crippen molar-refractivity contribution in [3.05, 3.63) is 29.8 Å². The smallest absolute Gasteiger partial charge is 0.337 e. The third kappa shape index (κ3) is 14.5. The largest absolute Gasteiger partial charge is 0.478 e. The highest BCUT2D eigenvalue weighted by Crippen LogP contribution is 2.16. The summed E-state index contributed by atoms with van der Waals surface area (Å²) in [5.41, 5.74) is 1.09. The van der Waals surface area contributed by atoms with Crippen molar-refractivity contribution in [2.24, 2.45) is 0 Å². The number of benzene rings is 1. The van der Waals surface area contributed by atoms with Gasteiger partial charge in [0.05, 0.1) is 5.56 Å². The summed E-state index contributed by atoms with van der Waals surface area (Å²) in [6.45, 7) is 3.13. The van der Waals surface area contributed by atoms with Crippen molar-refractivity contribution in [3.63, 3.8) is 0 Å². The van der Waals surface area contributed by atoms with E-state index < -0.39 is 5.97 Å². The van der Waals surface area contributed by atoms with E-state index in [9.17, 15) is 9.90 Å². The van der Waals surface area contributed by atoms with Crippen LogP contribution in [0.1, 0.15) is 133 Å². The highest BCUT2D eigenvalue weighted by atomic mass is 16.4. The minimum atomic E-state index is -0.865. The van der Waals surface area contributed by atoms with Crippen LogP contribution in [0.4, 0.5) is 5.69 Å². The van der Waals surface area contributed by atoms with Crippen LogP contribution in [-0.4, -0.2) is 17.6 Å². The molecule has 0 radical (unpaired) electrons. The topological polar surface area (TPSA) is 49.3 Å². The molecule has 0 aliphatic rings. The lowest BCUT2D eigenvalue weighted by molar-refractivity contribution is 0.0698. The van der Waals surface area contributed by atoms with Crippen LogP contribution in [0.5, 0.6) is 0 Å². The third-order valence-corrected chi connectivity index (χ3v) is 6.00. The van der Waals surface area contributed by atoms with E-state index >= 15 is 0 Å². The van der Waals surface area contributed by atoms with Crippen molar-refractivity contribution in [3.8, 4) is 0 Å². The molecule has 0 amide bonds. The molecule has 0 heterocycles. The van der Waals surface area contributed by atoms with Gasteiger partial charge in [-0.25, -0.2) is 4.79 Å². The zero-order valence-electron chi connectivity index (χ0n) is 19.6. The van der Waals surface area contributed by atoms with Gasteiger partial charge in [-0.1, -0.05) is 128 Å². The maximum atomic E-state index is 11.2. The Kier molecular flexibility index (Phi) is 17.2. The van der Waals surface area contributed by atoms with Gasteiger partial charge in [0, 0.05) is 12.2 Å². The van der Waals surface area contributed by atoms with Crippen LogP contribution in [0.25, 0.3) is 0 Å². The number of carboxylic acid groups (broad SMARTS) is 1. The van der Waals surface area contributed by atoms with Gasteiger partial charge in [0.15, 0.2) is 0 Å². The van der Waals surface area contributed by atoms with Gasteiger partial charge in [-0.2, -0.15) is 0 Å². The van der Waals surface area contributed by atoms with Gasteiger partial charge in [-0.05, 0) is 18.6 Å². The van der Waals surface area contributed by atoms with E-state index in [4.69, 9.17) is 0 Å². The summed E-state index contributed by atoms with van der Waals surface area (Å²) in [5.74, 6) is -0.865. The predicted molar refractivity (Wildman–Crippen MR) is 131 cm³/mol. The molecule has 1 aromatic rings. The average molecular weight is 418 g/mol. The molecule has 3 heteroatoms. The molecule has 0 saturated heterocycles. The van der Waals surface area contributed by atoms with E-state index in [2.05, 4.69) is 12.2 Å². The van der Waals surface area contributed by atoms with E-state index in [1.165, 1.54) is 109 Å². The zero-order valence-corrected chi connectivity index (χ0v) is 19.6. The Morgan fingerprint density at radius 3 is 1.50 bits per heavy atom. The minimum absolute atomic E-state index is 0.361. The van der Waals surface area contributed by atoms with Gasteiger partial charge < -0.3 is 10.4 Å². The first-order valence-electron chi connectivity index (χ1n) is 12.8. The zero-order chi connectivity index (χ0) is 21.7. The lowest BCUT2D eigenvalue weighted by atomic mass is 10.0. The Bertz CT molecular complexity index is 529. The molecule has 1 rings (SSSR count). The SMILES string of the molecule is CCCCCCCCCCCCCCCCCCCCNc1ccccc1C(=O)O. The number of aromatic carboxylic acids is 1. The van der Waals surface area contributed by atoms with Crippen LogP contribution in [-0.2, 0) is 0 Å². The average Bonchev–Trinajstić information content (AvgIpc) is 2.75. The van der Waals surface area contributed by atoms with Gasteiger partial charge >= 0.3 is 5.97 Å². The molecule has 0 aliphatic heterocycles. The summed E-state index contributed by atoms with van der Waals surface area (Å²) in [5, 5.41) is 12.5. The molecule has 3 nitrogen and oxygen atoms in total. The monoisotopic (exact) mass is 417 g/mol. The number of unbranched alkanes of at least 4 members (excludes halogenated alkanes) is 17. The van der Waals surface area contributed by atoms with Crippen LogP contribution < -0.4 is 5.32 Å². The predicted octanol–water partition coefficient (Wildman–Crippen LogP) is 8.84. The van der Waals surface area contributed by atoms with Crippen LogP contribution in [0, 0.1) is 0 Å². The second kappa shape index (κ2) is 19.5. The number of carboxylic acids is 1. The molecule has 2 N–H and O–H groups in total. The summed E-state index contributed by atoms with van der Waals surface area (Å²) in [7, 11) is 0. The fourth-order valence-corrected chi connectivity index (χ4v) is 4.07. The van der Waals surface area contributed by atoms with Gasteiger partial charge in [0.2, 0.25) is 0 Å². The van der Waals surface area contributed by atoms with Crippen molar-refractivity contribution in [2.45, 2.75) is 122 Å². The molecule has 0 aromatic heterocycles. The van der Waals surface area contributed by atoms with E-state index in [-0.39, 0.29) is 0 Å². The van der Waals surface area contributed by atoms with Crippen molar-refractivity contribution >= 4 is 11.7 Å². The Hall–Kier alpha value is -1.51. The fraction of sp³-hybridized carbons (Fsp3) is 0.741. The second-order valence-electron chi connectivity index (χ2n) is 8.79. The van der Waals surface area contributed by atoms with Crippen LogP contribution >= 0.6 is 0 Å². The van der Waals surface area contributed by atoms with Crippen molar-refractivity contribution < 1.29 is 9.90 Å². The van der Waals surface area contributed by atoms with Crippen LogP contribution in [0.2, 0.25) is 0 Å². The maximum Gasteiger partial charge on any atom is 0.337 e. The van der Waals surface area contributed by atoms with E-state index in [0.717, 1.165) is 18.7 Å². The van der Waals surface area contributed by atoms with Crippen molar-refractivity contribution in [2.75, 3.05) is 11.9 Å². The molecule has 0 unspecified atom stereocenters. The standard InChI is InChI=1S/C27H47NO2/c1-2-3-4-5-6-7-8-9-10-11-12-13-14-15-16-17-18-21-24-28-26-23-20-19-22-25(26)27(29)30/h19-20,22-23,28H,2-18,21,24H2,1H3,(H,29,30). The van der Waals surface area contributed by atoms with Crippen molar-refractivity contribution in [1.82, 2.24) is 0 Å². The van der Waals surface area contributed by atoms with Gasteiger partial charge in [0.1, 0.15) is 0 Å². The highest BCUT2D eigenvalue weighted by Gasteiger charge is 2.07. The highest BCUT2D eigenvalue weighted by molar-refractivity contribution is 5.94. The summed E-state index contributed by atoms with van der Waals surface area (Å²) in [4.78, 5) is 11.2. The molecule has 30 heavy (non-hydrogen) atoms. The van der Waals surface area contributed by atoms with Crippen LogP contribution in [0.3, 0.4) is 0 Å². The van der Waals surface area contributed by atoms with Gasteiger partial charge in [0.25, 0.3) is 0 Å². The summed E-state index contributed by atoms with van der Waals surface area (Å²) < 4.78 is 0. The first kappa shape index (κ1) is 26.5. The Morgan fingerprint density at radius 2 is 1.07 bits per heavy atom. The number of nitrogens with one attached hydrogen (secondary N) is 1. The molecular formula is C27H47NO2. The second-order valence-corrected chi connectivity index (χ2v) is 8.79. The molecule has 0 saturated carbocycles. The summed E-state index contributed by atoms with van der Waals surface area (Å²) in [6.07, 6.45) is 24.9. The van der Waals surface area contributed by atoms with Gasteiger partial charge in [-0.15, -0.1) is 0 Å². The molecule has 0 fully saturated rings. The lowest BCUT2D eigenvalue weighted by Gasteiger charge is -2.09. The number of rotatable bonds is 21. The summed E-state index contributed by atoms with van der Waals surface area (Å²) >= 11 is 0.